The first-order valence-electron chi connectivity index (χ1n) is 5.96. The third kappa shape index (κ3) is 3.86. The molecule has 0 aliphatic rings. The smallest absolute Gasteiger partial charge is 0.197 e. The van der Waals surface area contributed by atoms with E-state index in [0.717, 1.165) is 12.1 Å². The van der Waals surface area contributed by atoms with Gasteiger partial charge in [0.1, 0.15) is 5.41 Å². The highest BCUT2D eigenvalue weighted by Gasteiger charge is 2.32. The predicted molar refractivity (Wildman–Crippen MR) is 68.2 cm³/mol. The number of nitrogens with zero attached hydrogens (tertiary/aromatic N) is 2. The van der Waals surface area contributed by atoms with Crippen LogP contribution in [0.1, 0.15) is 24.0 Å². The molecule has 0 spiro atoms. The second-order valence-electron chi connectivity index (χ2n) is 4.50. The number of rotatable bonds is 5. The van der Waals surface area contributed by atoms with E-state index in [0.29, 0.717) is 18.4 Å². The Kier molecular flexibility index (Phi) is 4.94. The van der Waals surface area contributed by atoms with Crippen LogP contribution in [0.3, 0.4) is 0 Å². The Balaban J connectivity index is 2.94. The van der Waals surface area contributed by atoms with Crippen molar-refractivity contribution in [3.05, 3.63) is 48.0 Å². The molecule has 5 heteroatoms. The van der Waals surface area contributed by atoms with E-state index in [1.165, 1.54) is 12.1 Å². The minimum atomic E-state index is -4.39. The third-order valence-electron chi connectivity index (χ3n) is 2.99. The number of alkyl halides is 3. The standard InChI is InChI=1S/C15H13F3N2/c1-2-3-8-14(10-19,11-20)9-12-4-6-13(7-5-12)15(16,17)18/h2,4-7H,1,3,8-9H2. The van der Waals surface area contributed by atoms with Crippen molar-refractivity contribution in [2.45, 2.75) is 25.4 Å². The summed E-state index contributed by atoms with van der Waals surface area (Å²) in [5.41, 5.74) is -1.44. The molecule has 0 saturated heterocycles. The van der Waals surface area contributed by atoms with Crippen LogP contribution in [0.15, 0.2) is 36.9 Å². The Morgan fingerprint density at radius 2 is 1.65 bits per heavy atom. The van der Waals surface area contributed by atoms with E-state index < -0.39 is 17.2 Å². The first kappa shape index (κ1) is 15.8. The van der Waals surface area contributed by atoms with Gasteiger partial charge in [0, 0.05) is 6.42 Å². The average molecular weight is 278 g/mol. The average Bonchev–Trinajstić information content (AvgIpc) is 2.43. The molecule has 1 rings (SSSR count). The topological polar surface area (TPSA) is 47.6 Å². The summed E-state index contributed by atoms with van der Waals surface area (Å²) in [4.78, 5) is 0. The van der Waals surface area contributed by atoms with Crippen LogP contribution in [0, 0.1) is 28.1 Å². The molecule has 0 radical (unpaired) electrons. The van der Waals surface area contributed by atoms with Crippen molar-refractivity contribution < 1.29 is 13.2 Å². The SMILES string of the molecule is C=CCCC(C#N)(C#N)Cc1ccc(C(F)(F)F)cc1. The Bertz CT molecular complexity index is 530. The highest BCUT2D eigenvalue weighted by molar-refractivity contribution is 5.29. The first-order chi connectivity index (χ1) is 9.37. The number of halogens is 3. The van der Waals surface area contributed by atoms with Gasteiger partial charge in [-0.25, -0.2) is 0 Å². The van der Waals surface area contributed by atoms with Crippen LogP contribution >= 0.6 is 0 Å². The van der Waals surface area contributed by atoms with Crippen molar-refractivity contribution in [1.82, 2.24) is 0 Å². The van der Waals surface area contributed by atoms with E-state index in [1.807, 2.05) is 12.1 Å². The van der Waals surface area contributed by atoms with Gasteiger partial charge >= 0.3 is 6.18 Å². The van der Waals surface area contributed by atoms with Crippen molar-refractivity contribution in [3.8, 4) is 12.1 Å². The molecule has 0 N–H and O–H groups in total. The summed E-state index contributed by atoms with van der Waals surface area (Å²) < 4.78 is 37.3. The summed E-state index contributed by atoms with van der Waals surface area (Å²) in [6.07, 6.45) is -1.86. The fourth-order valence-electron chi connectivity index (χ4n) is 1.81. The Morgan fingerprint density at radius 1 is 1.10 bits per heavy atom. The number of nitriles is 2. The lowest BCUT2D eigenvalue weighted by molar-refractivity contribution is -0.137. The Hall–Kier alpha value is -2.27. The lowest BCUT2D eigenvalue weighted by Gasteiger charge is -2.18. The lowest BCUT2D eigenvalue weighted by atomic mass is 9.80. The molecule has 0 unspecified atom stereocenters. The maximum atomic E-state index is 12.4. The molecule has 0 saturated carbocycles. The van der Waals surface area contributed by atoms with Gasteiger partial charge < -0.3 is 0 Å². The second kappa shape index (κ2) is 6.25. The highest BCUT2D eigenvalue weighted by Crippen LogP contribution is 2.31. The van der Waals surface area contributed by atoms with Gasteiger partial charge in [0.15, 0.2) is 0 Å². The zero-order chi connectivity index (χ0) is 15.2. The maximum Gasteiger partial charge on any atom is 0.416 e. The fraction of sp³-hybridized carbons (Fsp3) is 0.333. The number of hydrogen-bond donors (Lipinski definition) is 0. The molecule has 0 amide bonds. The second-order valence-corrected chi connectivity index (χ2v) is 4.50. The highest BCUT2D eigenvalue weighted by atomic mass is 19.4. The number of hydrogen-bond acceptors (Lipinski definition) is 2. The summed E-state index contributed by atoms with van der Waals surface area (Å²) >= 11 is 0. The zero-order valence-electron chi connectivity index (χ0n) is 10.7. The lowest BCUT2D eigenvalue weighted by Crippen LogP contribution is -2.19. The summed E-state index contributed by atoms with van der Waals surface area (Å²) in [5, 5.41) is 18.3. The molecule has 104 valence electrons. The first-order valence-corrected chi connectivity index (χ1v) is 5.96. The van der Waals surface area contributed by atoms with Crippen LogP contribution in [0.5, 0.6) is 0 Å². The van der Waals surface area contributed by atoms with Crippen LogP contribution in [-0.2, 0) is 12.6 Å². The predicted octanol–water partition coefficient (Wildman–Crippen LogP) is 4.25. The molecular weight excluding hydrogens is 265 g/mol. The minimum Gasteiger partial charge on any atom is -0.197 e. The fourth-order valence-corrected chi connectivity index (χ4v) is 1.81. The molecular formula is C15H13F3N2. The van der Waals surface area contributed by atoms with Crippen LogP contribution < -0.4 is 0 Å². The van der Waals surface area contributed by atoms with Crippen molar-refractivity contribution in [2.75, 3.05) is 0 Å². The van der Waals surface area contributed by atoms with Crippen molar-refractivity contribution in [2.24, 2.45) is 5.41 Å². The van der Waals surface area contributed by atoms with Gasteiger partial charge in [0.25, 0.3) is 0 Å². The van der Waals surface area contributed by atoms with E-state index in [4.69, 9.17) is 10.5 Å². The molecule has 0 bridgehead atoms. The maximum absolute atomic E-state index is 12.4. The van der Waals surface area contributed by atoms with Crippen molar-refractivity contribution in [3.63, 3.8) is 0 Å². The van der Waals surface area contributed by atoms with Crippen molar-refractivity contribution >= 4 is 0 Å². The molecule has 0 atom stereocenters. The van der Waals surface area contributed by atoms with Gasteiger partial charge in [-0.15, -0.1) is 6.58 Å². The molecule has 0 aliphatic heterocycles. The van der Waals surface area contributed by atoms with Gasteiger partial charge in [-0.1, -0.05) is 18.2 Å². The quantitative estimate of drug-likeness (QED) is 0.756. The Labute approximate surface area is 115 Å². The molecule has 0 aliphatic carbocycles. The monoisotopic (exact) mass is 278 g/mol. The molecule has 0 aromatic heterocycles. The van der Waals surface area contributed by atoms with Crippen LogP contribution in [-0.4, -0.2) is 0 Å². The Morgan fingerprint density at radius 3 is 2.05 bits per heavy atom. The summed E-state index contributed by atoms with van der Waals surface area (Å²) in [6, 6.07) is 8.46. The molecule has 20 heavy (non-hydrogen) atoms. The van der Waals surface area contributed by atoms with Gasteiger partial charge in [-0.3, -0.25) is 0 Å². The van der Waals surface area contributed by atoms with Gasteiger partial charge in [-0.05, 0) is 30.5 Å². The molecule has 0 fully saturated rings. The third-order valence-corrected chi connectivity index (χ3v) is 2.99. The number of benzene rings is 1. The van der Waals surface area contributed by atoms with E-state index in [2.05, 4.69) is 6.58 Å². The largest absolute Gasteiger partial charge is 0.416 e. The molecule has 1 aromatic carbocycles. The van der Waals surface area contributed by atoms with E-state index in [9.17, 15) is 13.2 Å². The number of allylic oxidation sites excluding steroid dienone is 1. The molecule has 0 heterocycles. The summed E-state index contributed by atoms with van der Waals surface area (Å²) in [5.74, 6) is 0. The van der Waals surface area contributed by atoms with Gasteiger partial charge in [0.2, 0.25) is 0 Å². The van der Waals surface area contributed by atoms with Crippen LogP contribution in [0.25, 0.3) is 0 Å². The minimum absolute atomic E-state index is 0.103. The molecule has 2 nitrogen and oxygen atoms in total. The van der Waals surface area contributed by atoms with E-state index in [1.54, 1.807) is 6.08 Å². The van der Waals surface area contributed by atoms with Gasteiger partial charge in [0.05, 0.1) is 17.7 Å². The van der Waals surface area contributed by atoms with E-state index >= 15 is 0 Å². The van der Waals surface area contributed by atoms with E-state index in [-0.39, 0.29) is 6.42 Å². The summed E-state index contributed by atoms with van der Waals surface area (Å²) in [7, 11) is 0. The van der Waals surface area contributed by atoms with Crippen LogP contribution in [0.2, 0.25) is 0 Å². The van der Waals surface area contributed by atoms with Gasteiger partial charge in [-0.2, -0.15) is 23.7 Å². The normalized spacial score (nSPS) is 11.4. The molecule has 1 aromatic rings. The van der Waals surface area contributed by atoms with Crippen molar-refractivity contribution in [1.29, 1.82) is 10.5 Å². The van der Waals surface area contributed by atoms with Crippen LogP contribution in [0.4, 0.5) is 13.2 Å². The summed E-state index contributed by atoms with van der Waals surface area (Å²) in [6.45, 7) is 3.53. The zero-order valence-corrected chi connectivity index (χ0v) is 10.7.